The molecule has 0 radical (unpaired) electrons. The van der Waals surface area contributed by atoms with Gasteiger partial charge in [0.1, 0.15) is 69.8 Å². The van der Waals surface area contributed by atoms with Gasteiger partial charge in [0.2, 0.25) is 0 Å². The lowest BCUT2D eigenvalue weighted by atomic mass is 9.91. The summed E-state index contributed by atoms with van der Waals surface area (Å²) in [5.74, 6) is -26.2. The van der Waals surface area contributed by atoms with Crippen molar-refractivity contribution in [3.05, 3.63) is 355 Å². The molecule has 20 nitrogen and oxygen atoms in total. The molecule has 34 heteroatoms. The van der Waals surface area contributed by atoms with Crippen molar-refractivity contribution in [1.29, 1.82) is 0 Å². The smallest absolute Gasteiger partial charge is 0.311 e. The third kappa shape index (κ3) is 21.2. The van der Waals surface area contributed by atoms with Crippen LogP contribution in [0.2, 0.25) is 10.0 Å². The SMILES string of the molecule is O=C(CC(C(=O)O)c1c[nH]c2c(Cl)cccc12)c1ccc(F)cc1F.O=C(CC(C(=O)O)c1c[nH]c2cc(F)ccc12)c1ccc(F)cc1F.O=C(CC(C(=O)O)c1c[nH]c2ccc(Cl)cc12)c1ccc(F)cc1F.O=C(CC(C(=O)O)c1c[nH]c2ccc(F)cc12)c1ccc(F)cc1F.O=C(CC(C(=O)O)c1c[nH]c2ccccc12)c1ccc(F)cc1F. The van der Waals surface area contributed by atoms with Crippen molar-refractivity contribution in [3.8, 4) is 0 Å². The van der Waals surface area contributed by atoms with E-state index in [1.807, 2.05) is 0 Å². The van der Waals surface area contributed by atoms with Gasteiger partial charge in [-0.2, -0.15) is 0 Å². The molecule has 0 saturated carbocycles. The number of benzene rings is 10. The lowest BCUT2D eigenvalue weighted by Gasteiger charge is -2.12. The summed E-state index contributed by atoms with van der Waals surface area (Å²) in [5.41, 5.74) is 2.84. The number of nitrogens with one attached hydrogen (secondary N) is 5. The van der Waals surface area contributed by atoms with Crippen molar-refractivity contribution in [2.45, 2.75) is 61.7 Å². The Balaban J connectivity index is 0.000000151. The van der Waals surface area contributed by atoms with Gasteiger partial charge in [-0.1, -0.05) is 53.5 Å². The number of ketones is 5. The van der Waals surface area contributed by atoms with Crippen LogP contribution in [0.1, 0.15) is 141 Å². The van der Waals surface area contributed by atoms with Crippen molar-refractivity contribution in [2.75, 3.05) is 0 Å². The number of aromatic nitrogens is 5. The molecular weight excluding hydrogens is 1690 g/mol. The topological polar surface area (TPSA) is 351 Å². The summed E-state index contributed by atoms with van der Waals surface area (Å²) in [5, 5.41) is 51.0. The zero-order valence-corrected chi connectivity index (χ0v) is 64.8. The number of carbonyl (C=O) groups excluding carboxylic acids is 5. The van der Waals surface area contributed by atoms with Gasteiger partial charge >= 0.3 is 29.8 Å². The molecule has 0 spiro atoms. The number of carboxylic acids is 5. The molecule has 10 N–H and O–H groups in total. The monoisotopic (exact) mass is 1750 g/mol. The van der Waals surface area contributed by atoms with E-state index in [0.29, 0.717) is 112 Å². The van der Waals surface area contributed by atoms with Crippen LogP contribution in [0.4, 0.5) is 52.7 Å². The fraction of sp³-hybridized carbons (Fsp3) is 0.111. The summed E-state index contributed by atoms with van der Waals surface area (Å²) in [6.45, 7) is 0. The maximum absolute atomic E-state index is 13.8. The van der Waals surface area contributed by atoms with Crippen molar-refractivity contribution in [3.63, 3.8) is 0 Å². The van der Waals surface area contributed by atoms with Gasteiger partial charge in [0, 0.05) is 147 Å². The number of hydrogen-bond acceptors (Lipinski definition) is 10. The van der Waals surface area contributed by atoms with E-state index in [-0.39, 0.29) is 27.8 Å². The second-order valence-corrected chi connectivity index (χ2v) is 28.6. The predicted octanol–water partition coefficient (Wildman–Crippen LogP) is 21.0. The van der Waals surface area contributed by atoms with E-state index >= 15 is 0 Å². The van der Waals surface area contributed by atoms with Gasteiger partial charge in [-0.05, 0) is 155 Å². The third-order valence-electron chi connectivity index (χ3n) is 19.8. The van der Waals surface area contributed by atoms with Crippen LogP contribution in [-0.2, 0) is 24.0 Å². The van der Waals surface area contributed by atoms with Crippen LogP contribution < -0.4 is 0 Å². The average Bonchev–Trinajstić information content (AvgIpc) is 1.67. The van der Waals surface area contributed by atoms with Crippen LogP contribution in [0.25, 0.3) is 54.5 Å². The number of para-hydroxylation sites is 2. The number of carboxylic acid groups (broad SMARTS) is 5. The van der Waals surface area contributed by atoms with Gasteiger partial charge < -0.3 is 50.5 Å². The minimum atomic E-state index is -1.30. The van der Waals surface area contributed by atoms with Gasteiger partial charge in [-0.25, -0.2) is 52.7 Å². The highest BCUT2D eigenvalue weighted by molar-refractivity contribution is 6.35. The van der Waals surface area contributed by atoms with Gasteiger partial charge in [0.25, 0.3) is 0 Å². The Kier molecular flexibility index (Phi) is 28.5. The highest BCUT2D eigenvalue weighted by Gasteiger charge is 2.34. The van der Waals surface area contributed by atoms with Gasteiger partial charge in [-0.3, -0.25) is 47.9 Å². The largest absolute Gasteiger partial charge is 0.481 e. The molecule has 10 aromatic carbocycles. The molecule has 5 aromatic heterocycles. The molecule has 0 fully saturated rings. The minimum absolute atomic E-state index is 0.220. The molecule has 0 saturated heterocycles. The molecule has 0 aliphatic carbocycles. The lowest BCUT2D eigenvalue weighted by Crippen LogP contribution is -2.17. The first kappa shape index (κ1) is 90.1. The standard InChI is InChI=1S/2C18H12ClF2NO3.2C18H12F3NO3.C18H13F2NO3/c19-9-1-4-16-12(5-9)14(8-22-16)13(18(24)25)7-17(23)11-3-2-10(20)6-15(11)21;19-14-3-1-2-10-13(8-22-17(10)14)12(18(24)25)7-16(23)11-5-4-9(20)6-15(11)21;19-9-2-4-16-12(5-9)14(8-22-16)13(18(24)25)7-17(23)11-3-1-10(20)6-15(11)21;19-9-2-4-12(15(21)5-9)17(23)7-13(18(24)25)14-8-22-16-6-10(20)1-3-11(14)16;19-10-5-6-12(15(20)7-10)17(22)8-13(18(23)24)14-9-21-16-4-2-1-3-11(14)16/h1-6,8,13,22H,7H2,(H,24,25);1-6,8,12,22H,7H2,(H,24,25);2*1-6,8,13,22H,7H2,(H,24,25);1-7,9,13,21H,8H2,(H,23,24). The second kappa shape index (κ2) is 39.2. The molecule has 124 heavy (non-hydrogen) atoms. The molecular formula is C90H61Cl2F12N5O15. The normalized spacial score (nSPS) is 12.3. The summed E-state index contributed by atoms with van der Waals surface area (Å²) in [6, 6.07) is 37.4. The maximum atomic E-state index is 13.8. The molecule has 5 unspecified atom stereocenters. The first-order valence-electron chi connectivity index (χ1n) is 36.6. The summed E-state index contributed by atoms with van der Waals surface area (Å²) in [4.78, 5) is 134. The number of H-pyrrole nitrogens is 5. The molecule has 634 valence electrons. The van der Waals surface area contributed by atoms with Gasteiger partial charge in [-0.15, -0.1) is 0 Å². The maximum Gasteiger partial charge on any atom is 0.311 e. The Morgan fingerprint density at radius 3 is 0.887 bits per heavy atom. The number of aromatic amines is 5. The number of aliphatic carboxylic acids is 5. The molecule has 15 rings (SSSR count). The number of carbonyl (C=O) groups is 10. The second-order valence-electron chi connectivity index (χ2n) is 27.7. The van der Waals surface area contributed by atoms with Gasteiger partial charge in [0.05, 0.1) is 67.9 Å². The van der Waals surface area contributed by atoms with Crippen LogP contribution in [0.15, 0.2) is 219 Å². The van der Waals surface area contributed by atoms with Crippen molar-refractivity contribution in [1.82, 2.24) is 24.9 Å². The fourth-order valence-electron chi connectivity index (χ4n) is 13.7. The van der Waals surface area contributed by atoms with E-state index in [4.69, 9.17) is 23.2 Å². The van der Waals surface area contributed by atoms with Crippen LogP contribution in [0.5, 0.6) is 0 Å². The Morgan fingerprint density at radius 1 is 0.258 bits per heavy atom. The van der Waals surface area contributed by atoms with E-state index in [1.54, 1.807) is 60.7 Å². The van der Waals surface area contributed by atoms with E-state index in [0.717, 1.165) is 66.2 Å². The quantitative estimate of drug-likeness (QED) is 0.0188. The fourth-order valence-corrected chi connectivity index (χ4v) is 14.1. The highest BCUT2D eigenvalue weighted by Crippen LogP contribution is 2.38. The zero-order chi connectivity index (χ0) is 89.8. The number of rotatable bonds is 25. The molecule has 15 aromatic rings. The van der Waals surface area contributed by atoms with Crippen molar-refractivity contribution < 1.29 is 126 Å². The Hall–Kier alpha value is -14.7. The van der Waals surface area contributed by atoms with E-state index in [2.05, 4.69) is 24.9 Å². The molecule has 0 amide bonds. The molecule has 5 heterocycles. The molecule has 0 aliphatic rings. The number of hydrogen-bond donors (Lipinski definition) is 10. The number of fused-ring (bicyclic) bond motifs is 5. The highest BCUT2D eigenvalue weighted by atomic mass is 35.5. The molecule has 5 atom stereocenters. The lowest BCUT2D eigenvalue weighted by molar-refractivity contribution is -0.139. The van der Waals surface area contributed by atoms with Crippen LogP contribution in [-0.4, -0.2) is 109 Å². The summed E-state index contributed by atoms with van der Waals surface area (Å²) < 4.78 is 160. The first-order valence-corrected chi connectivity index (χ1v) is 37.4. The summed E-state index contributed by atoms with van der Waals surface area (Å²) in [6.07, 6.45) is 4.89. The van der Waals surface area contributed by atoms with Crippen LogP contribution in [0.3, 0.4) is 0 Å². The van der Waals surface area contributed by atoms with E-state index in [9.17, 15) is 126 Å². The molecule has 0 aliphatic heterocycles. The zero-order valence-electron chi connectivity index (χ0n) is 63.3. The Labute approximate surface area is 700 Å². The van der Waals surface area contributed by atoms with E-state index < -0.39 is 196 Å². The van der Waals surface area contributed by atoms with Crippen LogP contribution >= 0.6 is 23.2 Å². The minimum Gasteiger partial charge on any atom is -0.481 e. The number of Topliss-reactive ketones (excluding diaryl/α,β-unsaturated/α-hetero) is 5. The first-order chi connectivity index (χ1) is 58.9. The molecule has 0 bridgehead atoms. The summed E-state index contributed by atoms with van der Waals surface area (Å²) >= 11 is 12.0. The van der Waals surface area contributed by atoms with Gasteiger partial charge in [0.15, 0.2) is 28.9 Å². The predicted molar refractivity (Wildman–Crippen MR) is 430 cm³/mol. The summed E-state index contributed by atoms with van der Waals surface area (Å²) in [7, 11) is 0. The van der Waals surface area contributed by atoms with E-state index in [1.165, 1.54) is 67.4 Å². The Morgan fingerprint density at radius 2 is 0.524 bits per heavy atom. The van der Waals surface area contributed by atoms with Crippen LogP contribution in [0, 0.1) is 69.8 Å². The van der Waals surface area contributed by atoms with Crippen molar-refractivity contribution in [2.24, 2.45) is 0 Å². The Bertz CT molecular complexity index is 6430. The number of halogens is 14. The third-order valence-corrected chi connectivity index (χ3v) is 20.4. The van der Waals surface area contributed by atoms with Crippen molar-refractivity contribution >= 4 is 136 Å². The average molecular weight is 1750 g/mol.